The molecule has 0 spiro atoms. The summed E-state index contributed by atoms with van der Waals surface area (Å²) in [5.41, 5.74) is -0.141. The highest BCUT2D eigenvalue weighted by Gasteiger charge is 2.29. The molecule has 2 aromatic rings. The van der Waals surface area contributed by atoms with E-state index in [9.17, 15) is 18.0 Å². The fourth-order valence-corrected chi connectivity index (χ4v) is 1.62. The van der Waals surface area contributed by atoms with Crippen molar-refractivity contribution in [3.8, 4) is 5.88 Å². The van der Waals surface area contributed by atoms with Gasteiger partial charge in [-0.3, -0.25) is 14.4 Å². The van der Waals surface area contributed by atoms with Gasteiger partial charge in [0.25, 0.3) is 5.91 Å². The number of rotatable bonds is 4. The molecule has 0 N–H and O–H groups in total. The normalized spacial score (nSPS) is 11.3. The quantitative estimate of drug-likeness (QED) is 0.855. The molecule has 0 unspecified atom stereocenters. The summed E-state index contributed by atoms with van der Waals surface area (Å²) in [5.74, 6) is -0.323. The number of ether oxygens (including phenoxy) is 1. The highest BCUT2D eigenvalue weighted by atomic mass is 19.4. The molecule has 0 radical (unpaired) electrons. The third-order valence-corrected chi connectivity index (χ3v) is 2.63. The van der Waals surface area contributed by atoms with Crippen LogP contribution in [0.15, 0.2) is 24.5 Å². The summed E-state index contributed by atoms with van der Waals surface area (Å²) in [7, 11) is 2.80. The van der Waals surface area contributed by atoms with E-state index in [1.165, 1.54) is 32.5 Å². The fourth-order valence-electron chi connectivity index (χ4n) is 1.62. The van der Waals surface area contributed by atoms with Crippen molar-refractivity contribution in [2.45, 2.75) is 12.7 Å². The van der Waals surface area contributed by atoms with Crippen LogP contribution in [0.1, 0.15) is 10.5 Å². The molecule has 0 aliphatic rings. The minimum absolute atomic E-state index is 0.0507. The summed E-state index contributed by atoms with van der Waals surface area (Å²) in [6.45, 7) is -1.26. The van der Waals surface area contributed by atoms with Crippen LogP contribution in [-0.2, 0) is 6.54 Å². The van der Waals surface area contributed by atoms with Crippen molar-refractivity contribution in [1.82, 2.24) is 19.7 Å². The molecule has 2 heterocycles. The predicted octanol–water partition coefficient (Wildman–Crippen LogP) is 1.52. The van der Waals surface area contributed by atoms with E-state index in [4.69, 9.17) is 4.74 Å². The molecule has 0 aromatic carbocycles. The lowest BCUT2D eigenvalue weighted by Crippen LogP contribution is -2.29. The second-order valence-corrected chi connectivity index (χ2v) is 4.28. The molecule has 0 saturated heterocycles. The van der Waals surface area contributed by atoms with E-state index in [-0.39, 0.29) is 17.5 Å². The number of anilines is 1. The maximum Gasteiger partial charge on any atom is 0.408 e. The summed E-state index contributed by atoms with van der Waals surface area (Å²) in [6.07, 6.45) is -1.93. The van der Waals surface area contributed by atoms with Crippen molar-refractivity contribution < 1.29 is 22.7 Å². The standard InChI is InChI=1S/C12H12F3N5O2/c1-19(11-16-5-3-9(17-11)22-2)10(21)8-4-6-20(18-8)7-12(13,14)15/h3-6H,7H2,1-2H3. The number of hydrogen-bond donors (Lipinski definition) is 0. The maximum atomic E-state index is 12.3. The van der Waals surface area contributed by atoms with Crippen molar-refractivity contribution in [2.75, 3.05) is 19.1 Å². The first kappa shape index (κ1) is 15.7. The van der Waals surface area contributed by atoms with Crippen LogP contribution in [0.5, 0.6) is 5.88 Å². The van der Waals surface area contributed by atoms with Gasteiger partial charge < -0.3 is 4.74 Å². The van der Waals surface area contributed by atoms with Gasteiger partial charge in [0.1, 0.15) is 6.54 Å². The smallest absolute Gasteiger partial charge is 0.408 e. The molecule has 0 saturated carbocycles. The molecule has 2 aromatic heterocycles. The van der Waals surface area contributed by atoms with E-state index < -0.39 is 18.6 Å². The zero-order valence-corrected chi connectivity index (χ0v) is 11.7. The van der Waals surface area contributed by atoms with E-state index in [1.807, 2.05) is 0 Å². The molecule has 0 fully saturated rings. The van der Waals surface area contributed by atoms with Crippen LogP contribution in [0, 0.1) is 0 Å². The van der Waals surface area contributed by atoms with Gasteiger partial charge in [0.2, 0.25) is 11.8 Å². The summed E-state index contributed by atoms with van der Waals surface area (Å²) >= 11 is 0. The number of halogens is 3. The Morgan fingerprint density at radius 3 is 2.77 bits per heavy atom. The Kier molecular flexibility index (Phi) is 4.29. The molecule has 1 amide bonds. The van der Waals surface area contributed by atoms with E-state index in [2.05, 4.69) is 15.1 Å². The SMILES string of the molecule is COc1ccnc(N(C)C(=O)c2ccn(CC(F)(F)F)n2)n1. The Morgan fingerprint density at radius 2 is 2.14 bits per heavy atom. The van der Waals surface area contributed by atoms with Gasteiger partial charge in [-0.15, -0.1) is 0 Å². The lowest BCUT2D eigenvalue weighted by atomic mass is 10.4. The molecule has 0 aliphatic heterocycles. The highest BCUT2D eigenvalue weighted by molar-refractivity contribution is 6.03. The first-order valence-electron chi connectivity index (χ1n) is 6.05. The Balaban J connectivity index is 2.16. The summed E-state index contributed by atoms with van der Waals surface area (Å²) < 4.78 is 42.4. The zero-order valence-electron chi connectivity index (χ0n) is 11.7. The molecule has 118 valence electrons. The summed E-state index contributed by atoms with van der Waals surface area (Å²) in [6, 6.07) is 2.70. The van der Waals surface area contributed by atoms with E-state index >= 15 is 0 Å². The molecule has 0 bridgehead atoms. The Bertz CT molecular complexity index is 671. The Hall–Kier alpha value is -2.65. The monoisotopic (exact) mass is 315 g/mol. The second kappa shape index (κ2) is 6.00. The molecular formula is C12H12F3N5O2. The van der Waals surface area contributed by atoms with Crippen molar-refractivity contribution in [3.05, 3.63) is 30.2 Å². The molecule has 2 rings (SSSR count). The zero-order chi connectivity index (χ0) is 16.3. The number of methoxy groups -OCH3 is 1. The molecule has 0 aliphatic carbocycles. The molecule has 7 nitrogen and oxygen atoms in total. The van der Waals surface area contributed by atoms with Crippen molar-refractivity contribution >= 4 is 11.9 Å². The van der Waals surface area contributed by atoms with Crippen LogP contribution in [0.25, 0.3) is 0 Å². The second-order valence-electron chi connectivity index (χ2n) is 4.28. The third kappa shape index (κ3) is 3.71. The van der Waals surface area contributed by atoms with Crippen molar-refractivity contribution in [2.24, 2.45) is 0 Å². The molecule has 0 atom stereocenters. The van der Waals surface area contributed by atoms with Crippen molar-refractivity contribution in [3.63, 3.8) is 0 Å². The van der Waals surface area contributed by atoms with Gasteiger partial charge >= 0.3 is 6.18 Å². The summed E-state index contributed by atoms with van der Waals surface area (Å²) in [5, 5.41) is 3.60. The van der Waals surface area contributed by atoms with Crippen LogP contribution in [0.3, 0.4) is 0 Å². The fraction of sp³-hybridized carbons (Fsp3) is 0.333. The number of nitrogens with zero attached hydrogens (tertiary/aromatic N) is 5. The highest BCUT2D eigenvalue weighted by Crippen LogP contribution is 2.18. The largest absolute Gasteiger partial charge is 0.481 e. The Labute approximate surface area is 123 Å². The predicted molar refractivity (Wildman–Crippen MR) is 69.6 cm³/mol. The number of aromatic nitrogens is 4. The number of hydrogen-bond acceptors (Lipinski definition) is 5. The first-order chi connectivity index (χ1) is 10.3. The van der Waals surface area contributed by atoms with Crippen LogP contribution in [-0.4, -0.2) is 46.0 Å². The van der Waals surface area contributed by atoms with Gasteiger partial charge in [0.15, 0.2) is 5.69 Å². The number of amides is 1. The molecule has 10 heteroatoms. The van der Waals surface area contributed by atoms with Crippen LogP contribution in [0.4, 0.5) is 19.1 Å². The van der Waals surface area contributed by atoms with Gasteiger partial charge in [-0.25, -0.2) is 4.98 Å². The van der Waals surface area contributed by atoms with Gasteiger partial charge in [-0.1, -0.05) is 0 Å². The minimum Gasteiger partial charge on any atom is -0.481 e. The van der Waals surface area contributed by atoms with E-state index in [0.29, 0.717) is 4.68 Å². The minimum atomic E-state index is -4.41. The van der Waals surface area contributed by atoms with Crippen LogP contribution >= 0.6 is 0 Å². The van der Waals surface area contributed by atoms with E-state index in [0.717, 1.165) is 11.1 Å². The average Bonchev–Trinajstić information content (AvgIpc) is 2.92. The van der Waals surface area contributed by atoms with Crippen molar-refractivity contribution in [1.29, 1.82) is 0 Å². The topological polar surface area (TPSA) is 73.1 Å². The first-order valence-corrected chi connectivity index (χ1v) is 6.05. The molecular weight excluding hydrogens is 303 g/mol. The van der Waals surface area contributed by atoms with Crippen LogP contribution in [0.2, 0.25) is 0 Å². The lowest BCUT2D eigenvalue weighted by molar-refractivity contribution is -0.142. The maximum absolute atomic E-state index is 12.3. The summed E-state index contributed by atoms with van der Waals surface area (Å²) in [4.78, 5) is 21.1. The van der Waals surface area contributed by atoms with Gasteiger partial charge in [0.05, 0.1) is 7.11 Å². The number of carbonyl (C=O) groups excluding carboxylic acids is 1. The van der Waals surface area contributed by atoms with Gasteiger partial charge in [-0.2, -0.15) is 23.3 Å². The Morgan fingerprint density at radius 1 is 1.41 bits per heavy atom. The third-order valence-electron chi connectivity index (χ3n) is 2.63. The van der Waals surface area contributed by atoms with Gasteiger partial charge in [-0.05, 0) is 6.07 Å². The molecule has 22 heavy (non-hydrogen) atoms. The number of alkyl halides is 3. The number of carbonyl (C=O) groups is 1. The van der Waals surface area contributed by atoms with E-state index in [1.54, 1.807) is 0 Å². The van der Waals surface area contributed by atoms with Gasteiger partial charge in [0, 0.05) is 25.5 Å². The lowest BCUT2D eigenvalue weighted by Gasteiger charge is -2.14. The average molecular weight is 315 g/mol. The van der Waals surface area contributed by atoms with Crippen LogP contribution < -0.4 is 9.64 Å².